The minimum atomic E-state index is -0.0644. The summed E-state index contributed by atoms with van der Waals surface area (Å²) in [5.74, 6) is 0.478. The molecule has 116 valence electrons. The molecule has 1 N–H and O–H groups in total. The molecule has 1 aromatic carbocycles. The Kier molecular flexibility index (Phi) is 4.27. The zero-order valence-corrected chi connectivity index (χ0v) is 13.3. The smallest absolute Gasteiger partial charge is 0.271 e. The van der Waals surface area contributed by atoms with Gasteiger partial charge < -0.3 is 5.32 Å². The average Bonchev–Trinajstić information content (AvgIpc) is 2.75. The van der Waals surface area contributed by atoms with E-state index in [-0.39, 0.29) is 5.91 Å². The maximum atomic E-state index is 12.2. The lowest BCUT2D eigenvalue weighted by Gasteiger charge is -2.14. The molecular weight excluding hydrogens is 274 g/mol. The fraction of sp³-hybridized carbons (Fsp3) is 0.444. The molecular formula is C18H23N3O. The summed E-state index contributed by atoms with van der Waals surface area (Å²) in [5, 5.41) is 7.28. The molecule has 0 saturated carbocycles. The van der Waals surface area contributed by atoms with Gasteiger partial charge in [-0.05, 0) is 55.7 Å². The van der Waals surface area contributed by atoms with Gasteiger partial charge in [0.15, 0.2) is 0 Å². The standard InChI is InChI=1S/C18H23N3O/c1-13-11-17(20-21(13)2)18(22)19-12-14-7-9-15-5-3-4-6-16(15)10-8-14/h3-6,11,14H,7-10,12H2,1-2H3,(H,19,22). The van der Waals surface area contributed by atoms with Crippen LogP contribution in [0.2, 0.25) is 0 Å². The van der Waals surface area contributed by atoms with E-state index in [0.29, 0.717) is 11.6 Å². The minimum absolute atomic E-state index is 0.0644. The van der Waals surface area contributed by atoms with Gasteiger partial charge in [-0.15, -0.1) is 0 Å². The lowest BCUT2D eigenvalue weighted by atomic mass is 9.99. The van der Waals surface area contributed by atoms with Crippen LogP contribution < -0.4 is 5.32 Å². The Labute approximate surface area is 131 Å². The van der Waals surface area contributed by atoms with E-state index in [1.165, 1.54) is 11.1 Å². The Bertz CT molecular complexity index is 628. The van der Waals surface area contributed by atoms with Crippen molar-refractivity contribution in [3.8, 4) is 0 Å². The third-order valence-electron chi connectivity index (χ3n) is 4.66. The number of benzene rings is 1. The van der Waals surface area contributed by atoms with Gasteiger partial charge in [-0.1, -0.05) is 24.3 Å². The fourth-order valence-electron chi connectivity index (χ4n) is 3.11. The zero-order chi connectivity index (χ0) is 15.5. The third kappa shape index (κ3) is 3.21. The van der Waals surface area contributed by atoms with Crippen LogP contribution in [0.4, 0.5) is 0 Å². The molecule has 0 spiro atoms. The number of nitrogens with zero attached hydrogens (tertiary/aromatic N) is 2. The van der Waals surface area contributed by atoms with E-state index in [1.54, 1.807) is 4.68 Å². The molecule has 1 aliphatic carbocycles. The first-order valence-electron chi connectivity index (χ1n) is 7.99. The lowest BCUT2D eigenvalue weighted by molar-refractivity contribution is 0.0940. The summed E-state index contributed by atoms with van der Waals surface area (Å²) >= 11 is 0. The van der Waals surface area contributed by atoms with Crippen LogP contribution in [0, 0.1) is 12.8 Å². The van der Waals surface area contributed by atoms with E-state index < -0.39 is 0 Å². The molecule has 3 rings (SSSR count). The topological polar surface area (TPSA) is 46.9 Å². The molecule has 0 atom stereocenters. The van der Waals surface area contributed by atoms with E-state index in [1.807, 2.05) is 20.0 Å². The number of aromatic nitrogens is 2. The molecule has 4 heteroatoms. The molecule has 0 aliphatic heterocycles. The third-order valence-corrected chi connectivity index (χ3v) is 4.66. The number of carbonyl (C=O) groups excluding carboxylic acids is 1. The summed E-state index contributed by atoms with van der Waals surface area (Å²) in [5.41, 5.74) is 4.44. The van der Waals surface area contributed by atoms with Crippen molar-refractivity contribution in [2.75, 3.05) is 6.54 Å². The Balaban J connectivity index is 1.55. The van der Waals surface area contributed by atoms with E-state index >= 15 is 0 Å². The van der Waals surface area contributed by atoms with Crippen LogP contribution in [-0.2, 0) is 19.9 Å². The highest BCUT2D eigenvalue weighted by Gasteiger charge is 2.18. The van der Waals surface area contributed by atoms with Crippen molar-refractivity contribution in [2.24, 2.45) is 13.0 Å². The molecule has 1 amide bonds. The molecule has 1 aromatic heterocycles. The van der Waals surface area contributed by atoms with Crippen molar-refractivity contribution in [3.63, 3.8) is 0 Å². The van der Waals surface area contributed by atoms with Gasteiger partial charge in [0.25, 0.3) is 5.91 Å². The normalized spacial score (nSPS) is 15.2. The Morgan fingerprint density at radius 3 is 2.45 bits per heavy atom. The van der Waals surface area contributed by atoms with Crippen LogP contribution >= 0.6 is 0 Å². The summed E-state index contributed by atoms with van der Waals surface area (Å²) in [6, 6.07) is 10.5. The highest BCUT2D eigenvalue weighted by molar-refractivity contribution is 5.92. The molecule has 2 aromatic rings. The van der Waals surface area contributed by atoms with Crippen LogP contribution in [0.5, 0.6) is 0 Å². The van der Waals surface area contributed by atoms with Crippen LogP contribution in [0.25, 0.3) is 0 Å². The highest BCUT2D eigenvalue weighted by atomic mass is 16.1. The number of carbonyl (C=O) groups is 1. The summed E-state index contributed by atoms with van der Waals surface area (Å²) in [6.45, 7) is 2.69. The quantitative estimate of drug-likeness (QED) is 0.885. The number of hydrogen-bond acceptors (Lipinski definition) is 2. The molecule has 4 nitrogen and oxygen atoms in total. The van der Waals surface area contributed by atoms with Crippen molar-refractivity contribution in [1.29, 1.82) is 0 Å². The van der Waals surface area contributed by atoms with Gasteiger partial charge in [0.1, 0.15) is 5.69 Å². The van der Waals surface area contributed by atoms with E-state index in [0.717, 1.165) is 37.9 Å². The van der Waals surface area contributed by atoms with Crippen molar-refractivity contribution in [1.82, 2.24) is 15.1 Å². The van der Waals surface area contributed by atoms with E-state index in [2.05, 4.69) is 34.7 Å². The minimum Gasteiger partial charge on any atom is -0.350 e. The number of hydrogen-bond donors (Lipinski definition) is 1. The first-order chi connectivity index (χ1) is 10.6. The largest absolute Gasteiger partial charge is 0.350 e. The van der Waals surface area contributed by atoms with Crippen LogP contribution in [0.3, 0.4) is 0 Å². The first kappa shape index (κ1) is 14.8. The van der Waals surface area contributed by atoms with E-state index in [4.69, 9.17) is 0 Å². The first-order valence-corrected chi connectivity index (χ1v) is 7.99. The zero-order valence-electron chi connectivity index (χ0n) is 13.3. The summed E-state index contributed by atoms with van der Waals surface area (Å²) in [6.07, 6.45) is 4.50. The van der Waals surface area contributed by atoms with Gasteiger partial charge in [0.05, 0.1) is 0 Å². The second-order valence-electron chi connectivity index (χ2n) is 6.22. The maximum Gasteiger partial charge on any atom is 0.271 e. The van der Waals surface area contributed by atoms with Gasteiger partial charge in [-0.25, -0.2) is 0 Å². The van der Waals surface area contributed by atoms with Gasteiger partial charge in [-0.2, -0.15) is 5.10 Å². The average molecular weight is 297 g/mol. The van der Waals surface area contributed by atoms with Gasteiger partial charge in [-0.3, -0.25) is 9.48 Å². The molecule has 0 bridgehead atoms. The SMILES string of the molecule is Cc1cc(C(=O)NCC2CCc3ccccc3CC2)nn1C. The van der Waals surface area contributed by atoms with Gasteiger partial charge in [0.2, 0.25) is 0 Å². The lowest BCUT2D eigenvalue weighted by Crippen LogP contribution is -2.29. The van der Waals surface area contributed by atoms with Crippen LogP contribution in [-0.4, -0.2) is 22.2 Å². The number of fused-ring (bicyclic) bond motifs is 1. The predicted octanol–water partition coefficient (Wildman–Crippen LogP) is 2.65. The molecule has 0 saturated heterocycles. The van der Waals surface area contributed by atoms with Gasteiger partial charge >= 0.3 is 0 Å². The maximum absolute atomic E-state index is 12.2. The van der Waals surface area contributed by atoms with Crippen molar-refractivity contribution >= 4 is 5.91 Å². The van der Waals surface area contributed by atoms with Crippen molar-refractivity contribution < 1.29 is 4.79 Å². The molecule has 0 unspecified atom stereocenters. The van der Waals surface area contributed by atoms with Gasteiger partial charge in [0, 0.05) is 19.3 Å². The fourth-order valence-corrected chi connectivity index (χ4v) is 3.11. The van der Waals surface area contributed by atoms with Crippen LogP contribution in [0.1, 0.15) is 40.2 Å². The van der Waals surface area contributed by atoms with Crippen LogP contribution in [0.15, 0.2) is 30.3 Å². The Morgan fingerprint density at radius 1 is 1.27 bits per heavy atom. The summed E-state index contributed by atoms with van der Waals surface area (Å²) in [7, 11) is 1.86. The number of rotatable bonds is 3. The molecule has 0 fully saturated rings. The molecule has 22 heavy (non-hydrogen) atoms. The molecule has 1 heterocycles. The monoisotopic (exact) mass is 297 g/mol. The Hall–Kier alpha value is -2.10. The molecule has 1 aliphatic rings. The number of nitrogens with one attached hydrogen (secondary N) is 1. The number of amides is 1. The molecule has 0 radical (unpaired) electrons. The van der Waals surface area contributed by atoms with Crippen molar-refractivity contribution in [2.45, 2.75) is 32.6 Å². The van der Waals surface area contributed by atoms with Crippen molar-refractivity contribution in [3.05, 3.63) is 52.8 Å². The summed E-state index contributed by atoms with van der Waals surface area (Å²) in [4.78, 5) is 12.2. The Morgan fingerprint density at radius 2 is 1.91 bits per heavy atom. The predicted molar refractivity (Wildman–Crippen MR) is 86.9 cm³/mol. The number of aryl methyl sites for hydroxylation is 4. The summed E-state index contributed by atoms with van der Waals surface area (Å²) < 4.78 is 1.73. The second-order valence-corrected chi connectivity index (χ2v) is 6.22. The van der Waals surface area contributed by atoms with E-state index in [9.17, 15) is 4.79 Å². The highest BCUT2D eigenvalue weighted by Crippen LogP contribution is 2.24. The second kappa shape index (κ2) is 6.34.